The highest BCUT2D eigenvalue weighted by Gasteiger charge is 2.29. The number of carbonyl (C=O) groups excluding carboxylic acids is 1. The van der Waals surface area contributed by atoms with E-state index in [0.29, 0.717) is 5.02 Å². The summed E-state index contributed by atoms with van der Waals surface area (Å²) in [7, 11) is -4.23. The van der Waals surface area contributed by atoms with Crippen LogP contribution in [0.1, 0.15) is 5.56 Å². The van der Waals surface area contributed by atoms with Crippen LogP contribution in [-0.2, 0) is 21.4 Å². The van der Waals surface area contributed by atoms with Crippen molar-refractivity contribution >= 4 is 68.0 Å². The molecular weight excluding hydrogens is 521 g/mol. The summed E-state index contributed by atoms with van der Waals surface area (Å²) in [6.07, 6.45) is 0. The monoisotopic (exact) mass is 534 g/mol. The second-order valence-electron chi connectivity index (χ2n) is 6.58. The van der Waals surface area contributed by atoms with E-state index < -0.39 is 34.8 Å². The molecule has 5 nitrogen and oxygen atoms in total. The maximum Gasteiger partial charge on any atom is 0.243 e. The van der Waals surface area contributed by atoms with Gasteiger partial charge in [0.25, 0.3) is 0 Å². The van der Waals surface area contributed by atoms with Gasteiger partial charge in [-0.1, -0.05) is 58.5 Å². The zero-order valence-corrected chi connectivity index (χ0v) is 20.0. The zero-order chi connectivity index (χ0) is 23.5. The number of nitrogens with zero attached hydrogens (tertiary/aromatic N) is 1. The van der Waals surface area contributed by atoms with E-state index in [-0.39, 0.29) is 31.2 Å². The molecule has 3 aromatic rings. The fourth-order valence-corrected chi connectivity index (χ4v) is 4.85. The lowest BCUT2D eigenvalue weighted by atomic mass is 10.2. The molecule has 0 aromatic heterocycles. The lowest BCUT2D eigenvalue weighted by Gasteiger charge is -2.23. The van der Waals surface area contributed by atoms with Crippen LogP contribution in [0.3, 0.4) is 0 Å². The number of benzene rings is 3. The van der Waals surface area contributed by atoms with Crippen molar-refractivity contribution < 1.29 is 17.6 Å². The van der Waals surface area contributed by atoms with Gasteiger partial charge in [-0.3, -0.25) is 4.79 Å². The van der Waals surface area contributed by atoms with Crippen molar-refractivity contribution in [2.45, 2.75) is 11.4 Å². The smallest absolute Gasteiger partial charge is 0.243 e. The highest BCUT2D eigenvalue weighted by molar-refractivity contribution is 7.89. The number of anilines is 1. The van der Waals surface area contributed by atoms with Gasteiger partial charge in [0.2, 0.25) is 15.9 Å². The Morgan fingerprint density at radius 2 is 1.53 bits per heavy atom. The Labute approximate surface area is 204 Å². The third-order valence-corrected chi connectivity index (χ3v) is 7.62. The molecule has 0 radical (unpaired) electrons. The molecule has 0 aliphatic heterocycles. The van der Waals surface area contributed by atoms with Gasteiger partial charge in [-0.15, -0.1) is 0 Å². The first kappa shape index (κ1) is 24.8. The number of nitrogens with one attached hydrogen (secondary N) is 1. The van der Waals surface area contributed by atoms with Crippen LogP contribution in [0.5, 0.6) is 0 Å². The Morgan fingerprint density at radius 1 is 0.906 bits per heavy atom. The molecule has 0 fully saturated rings. The van der Waals surface area contributed by atoms with Crippen molar-refractivity contribution in [3.63, 3.8) is 0 Å². The predicted molar refractivity (Wildman–Crippen MR) is 126 cm³/mol. The van der Waals surface area contributed by atoms with Crippen LogP contribution in [0.2, 0.25) is 20.1 Å². The van der Waals surface area contributed by atoms with E-state index in [4.69, 9.17) is 46.4 Å². The molecule has 0 aliphatic rings. The average Bonchev–Trinajstić information content (AvgIpc) is 2.73. The molecule has 3 aromatic carbocycles. The van der Waals surface area contributed by atoms with Crippen molar-refractivity contribution in [2.75, 3.05) is 11.9 Å². The number of amides is 1. The summed E-state index contributed by atoms with van der Waals surface area (Å²) in [5.41, 5.74) is 0.136. The number of halogens is 5. The van der Waals surface area contributed by atoms with Crippen LogP contribution in [0.15, 0.2) is 65.6 Å². The van der Waals surface area contributed by atoms with Gasteiger partial charge in [0.05, 0.1) is 27.2 Å². The minimum atomic E-state index is -4.23. The van der Waals surface area contributed by atoms with Crippen molar-refractivity contribution in [3.05, 3.63) is 92.1 Å². The highest BCUT2D eigenvalue weighted by Crippen LogP contribution is 2.30. The molecule has 3 rings (SSSR count). The minimum absolute atomic E-state index is 0.0274. The Kier molecular flexibility index (Phi) is 8.03. The first-order chi connectivity index (χ1) is 15.1. The molecule has 0 unspecified atom stereocenters. The Balaban J connectivity index is 1.95. The van der Waals surface area contributed by atoms with E-state index in [2.05, 4.69) is 5.32 Å². The zero-order valence-electron chi connectivity index (χ0n) is 16.2. The summed E-state index contributed by atoms with van der Waals surface area (Å²) in [5.74, 6) is -1.41. The minimum Gasteiger partial charge on any atom is -0.324 e. The lowest BCUT2D eigenvalue weighted by molar-refractivity contribution is -0.116. The average molecular weight is 536 g/mol. The van der Waals surface area contributed by atoms with Crippen molar-refractivity contribution in [3.8, 4) is 0 Å². The molecule has 32 heavy (non-hydrogen) atoms. The van der Waals surface area contributed by atoms with Gasteiger partial charge >= 0.3 is 0 Å². The lowest BCUT2D eigenvalue weighted by Crippen LogP contribution is -2.38. The highest BCUT2D eigenvalue weighted by atomic mass is 35.5. The Hall–Kier alpha value is -1.87. The standard InChI is InChI=1S/C21H15Cl4FN2O3S/c22-13-7-9-14(10-8-13)32(30,31)28(11-15-16(23)3-1-5-18(15)26)12-20(29)27-19-6-2-4-17(24)21(19)25/h1-10H,11-12H2,(H,27,29). The number of rotatable bonds is 7. The number of sulfonamides is 1. The molecule has 0 heterocycles. The summed E-state index contributed by atoms with van der Waals surface area (Å²) in [5, 5.41) is 3.20. The molecular formula is C21H15Cl4FN2O3S. The summed E-state index contributed by atoms with van der Waals surface area (Å²) < 4.78 is 41.7. The van der Waals surface area contributed by atoms with E-state index in [1.807, 2.05) is 0 Å². The fraction of sp³-hybridized carbons (Fsp3) is 0.0952. The largest absolute Gasteiger partial charge is 0.324 e. The molecule has 1 N–H and O–H groups in total. The Bertz CT molecular complexity index is 1230. The summed E-state index contributed by atoms with van der Waals surface area (Å²) in [6.45, 7) is -1.12. The second kappa shape index (κ2) is 10.4. The SMILES string of the molecule is O=C(CN(Cc1c(F)cccc1Cl)S(=O)(=O)c1ccc(Cl)cc1)Nc1cccc(Cl)c1Cl. The van der Waals surface area contributed by atoms with Crippen LogP contribution in [-0.4, -0.2) is 25.2 Å². The second-order valence-corrected chi connectivity index (χ2v) is 10.1. The number of hydrogen-bond acceptors (Lipinski definition) is 3. The fourth-order valence-electron chi connectivity index (χ4n) is 2.79. The van der Waals surface area contributed by atoms with Gasteiger partial charge in [-0.2, -0.15) is 4.31 Å². The Morgan fingerprint density at radius 3 is 2.19 bits per heavy atom. The van der Waals surface area contributed by atoms with Gasteiger partial charge < -0.3 is 5.32 Å². The molecule has 0 atom stereocenters. The predicted octanol–water partition coefficient (Wildman–Crippen LogP) is 6.27. The maximum atomic E-state index is 14.4. The molecule has 11 heteroatoms. The third-order valence-electron chi connectivity index (χ3n) is 4.39. The van der Waals surface area contributed by atoms with E-state index in [0.717, 1.165) is 10.4 Å². The molecule has 0 aliphatic carbocycles. The van der Waals surface area contributed by atoms with Crippen LogP contribution in [0, 0.1) is 5.82 Å². The van der Waals surface area contributed by atoms with Crippen molar-refractivity contribution in [2.24, 2.45) is 0 Å². The summed E-state index contributed by atoms with van der Waals surface area (Å²) in [4.78, 5) is 12.6. The normalized spacial score (nSPS) is 11.6. The van der Waals surface area contributed by atoms with E-state index in [1.54, 1.807) is 6.07 Å². The quantitative estimate of drug-likeness (QED) is 0.387. The van der Waals surface area contributed by atoms with Crippen LogP contribution in [0.25, 0.3) is 0 Å². The summed E-state index contributed by atoms with van der Waals surface area (Å²) >= 11 is 24.0. The number of carbonyl (C=O) groups is 1. The van der Waals surface area contributed by atoms with Gasteiger partial charge in [0, 0.05) is 22.2 Å². The first-order valence-electron chi connectivity index (χ1n) is 9.02. The maximum absolute atomic E-state index is 14.4. The molecule has 0 spiro atoms. The van der Waals surface area contributed by atoms with Gasteiger partial charge in [0.15, 0.2) is 0 Å². The van der Waals surface area contributed by atoms with Crippen LogP contribution in [0.4, 0.5) is 10.1 Å². The number of hydrogen-bond donors (Lipinski definition) is 1. The molecule has 168 valence electrons. The van der Waals surface area contributed by atoms with E-state index >= 15 is 0 Å². The van der Waals surface area contributed by atoms with Gasteiger partial charge in [-0.05, 0) is 48.5 Å². The van der Waals surface area contributed by atoms with Gasteiger partial charge in [0.1, 0.15) is 5.82 Å². The topological polar surface area (TPSA) is 66.5 Å². The summed E-state index contributed by atoms with van der Waals surface area (Å²) in [6, 6.07) is 14.0. The van der Waals surface area contributed by atoms with Crippen molar-refractivity contribution in [1.29, 1.82) is 0 Å². The molecule has 0 saturated heterocycles. The first-order valence-corrected chi connectivity index (χ1v) is 12.0. The van der Waals surface area contributed by atoms with Gasteiger partial charge in [-0.25, -0.2) is 12.8 Å². The molecule has 1 amide bonds. The van der Waals surface area contributed by atoms with Crippen LogP contribution >= 0.6 is 46.4 Å². The van der Waals surface area contributed by atoms with E-state index in [9.17, 15) is 17.6 Å². The molecule has 0 bridgehead atoms. The van der Waals surface area contributed by atoms with Crippen molar-refractivity contribution in [1.82, 2.24) is 4.31 Å². The van der Waals surface area contributed by atoms with Crippen LogP contribution < -0.4 is 5.32 Å². The van der Waals surface area contributed by atoms with E-state index in [1.165, 1.54) is 48.5 Å². The third kappa shape index (κ3) is 5.73. The molecule has 0 saturated carbocycles.